The first kappa shape index (κ1) is 25.7. The van der Waals surface area contributed by atoms with Crippen molar-refractivity contribution in [3.05, 3.63) is 77.8 Å². The first-order valence-electron chi connectivity index (χ1n) is 12.3. The number of likely N-dealkylation sites (tertiary alicyclic amines) is 1. The molecule has 0 radical (unpaired) electrons. The van der Waals surface area contributed by atoms with E-state index in [-0.39, 0.29) is 23.8 Å². The molecule has 1 aliphatic heterocycles. The molecule has 0 N–H and O–H groups in total. The molecular weight excluding hydrogens is 478 g/mol. The summed E-state index contributed by atoms with van der Waals surface area (Å²) >= 11 is 6.15. The van der Waals surface area contributed by atoms with Gasteiger partial charge in [-0.05, 0) is 30.2 Å². The van der Waals surface area contributed by atoms with Gasteiger partial charge >= 0.3 is 0 Å². The van der Waals surface area contributed by atoms with Crippen molar-refractivity contribution in [2.45, 2.75) is 44.9 Å². The maximum Gasteiger partial charge on any atom is 0.223 e. The van der Waals surface area contributed by atoms with E-state index in [9.17, 15) is 9.59 Å². The highest BCUT2D eigenvalue weighted by atomic mass is 35.5. The third-order valence-corrected chi connectivity index (χ3v) is 6.71. The lowest BCUT2D eigenvalue weighted by Gasteiger charge is -2.39. The van der Waals surface area contributed by atoms with Gasteiger partial charge in [0.1, 0.15) is 24.5 Å². The van der Waals surface area contributed by atoms with Crippen molar-refractivity contribution in [1.82, 2.24) is 24.6 Å². The second-order valence-corrected chi connectivity index (χ2v) is 9.64. The van der Waals surface area contributed by atoms with Crippen LogP contribution in [-0.4, -0.2) is 62.6 Å². The number of halogens is 1. The normalized spacial score (nSPS) is 17.6. The first-order valence-corrected chi connectivity index (χ1v) is 12.7. The molecule has 2 aromatic carbocycles. The van der Waals surface area contributed by atoms with Crippen LogP contribution < -0.4 is 4.74 Å². The Labute approximate surface area is 216 Å². The minimum absolute atomic E-state index is 0.0315. The van der Waals surface area contributed by atoms with Gasteiger partial charge in [-0.3, -0.25) is 14.3 Å². The molecule has 1 aliphatic rings. The van der Waals surface area contributed by atoms with E-state index in [4.69, 9.17) is 16.3 Å². The number of hydrogen-bond acceptors (Lipinski definition) is 5. The zero-order valence-corrected chi connectivity index (χ0v) is 21.3. The molecule has 190 valence electrons. The Hall–Kier alpha value is -3.39. The van der Waals surface area contributed by atoms with Crippen molar-refractivity contribution in [2.75, 3.05) is 20.1 Å². The number of carbonyl (C=O) groups is 2. The fraction of sp³-hybridized carbons (Fsp3) is 0.407. The van der Waals surface area contributed by atoms with Gasteiger partial charge in [0.05, 0.1) is 0 Å². The predicted molar refractivity (Wildman–Crippen MR) is 137 cm³/mol. The molecule has 1 aromatic heterocycles. The van der Waals surface area contributed by atoms with Crippen LogP contribution in [0.5, 0.6) is 5.75 Å². The van der Waals surface area contributed by atoms with Crippen molar-refractivity contribution in [3.63, 3.8) is 0 Å². The first-order chi connectivity index (χ1) is 17.5. The molecule has 2 amide bonds. The largest absolute Gasteiger partial charge is 0.490 e. The monoisotopic (exact) mass is 509 g/mol. The number of aryl methyl sites for hydroxylation is 1. The molecule has 1 fully saturated rings. The Balaban J connectivity index is 1.39. The topological polar surface area (TPSA) is 80.6 Å². The van der Waals surface area contributed by atoms with Gasteiger partial charge in [0.15, 0.2) is 0 Å². The highest BCUT2D eigenvalue weighted by Crippen LogP contribution is 2.28. The van der Waals surface area contributed by atoms with Crippen molar-refractivity contribution < 1.29 is 14.3 Å². The van der Waals surface area contributed by atoms with Gasteiger partial charge in [0, 0.05) is 63.4 Å². The summed E-state index contributed by atoms with van der Waals surface area (Å²) < 4.78 is 8.02. The predicted octanol–water partition coefficient (Wildman–Crippen LogP) is 4.06. The van der Waals surface area contributed by atoms with Gasteiger partial charge in [-0.2, -0.15) is 5.10 Å². The number of aromatic nitrogens is 3. The third kappa shape index (κ3) is 7.31. The second-order valence-electron chi connectivity index (χ2n) is 9.20. The standard InChI is InChI=1S/C27H32ClN5O3/c1-31(17-21-7-3-2-4-8-21)27(35)15-22-18-32(26(34)11-6-13-33-20-29-19-30-33)14-12-25(22)36-24-10-5-9-23(28)16-24/h2-5,7-10,16,19-20,22,25H,6,11-15,17-18H2,1H3/t22-,25-/m0/s1. The summed E-state index contributed by atoms with van der Waals surface area (Å²) in [6.07, 6.45) is 5.02. The molecule has 0 unspecified atom stereocenters. The number of carbonyl (C=O) groups excluding carboxylic acids is 2. The average Bonchev–Trinajstić information content (AvgIpc) is 3.39. The van der Waals surface area contributed by atoms with Crippen molar-refractivity contribution in [1.29, 1.82) is 0 Å². The number of rotatable bonds is 10. The van der Waals surface area contributed by atoms with Crippen LogP contribution in [0.1, 0.15) is 31.2 Å². The van der Waals surface area contributed by atoms with Gasteiger partial charge in [0.2, 0.25) is 11.8 Å². The summed E-state index contributed by atoms with van der Waals surface area (Å²) in [4.78, 5) is 33.7. The molecule has 2 atom stereocenters. The maximum atomic E-state index is 13.2. The number of piperidine rings is 1. The molecule has 1 saturated heterocycles. The van der Waals surface area contributed by atoms with E-state index in [1.54, 1.807) is 28.0 Å². The summed E-state index contributed by atoms with van der Waals surface area (Å²) in [6.45, 7) is 2.26. The summed E-state index contributed by atoms with van der Waals surface area (Å²) in [6, 6.07) is 17.2. The smallest absolute Gasteiger partial charge is 0.223 e. The maximum absolute atomic E-state index is 13.2. The fourth-order valence-electron chi connectivity index (χ4n) is 4.53. The van der Waals surface area contributed by atoms with Crippen LogP contribution >= 0.6 is 11.6 Å². The Bertz CT molecular complexity index is 1130. The minimum Gasteiger partial charge on any atom is -0.490 e. The Morgan fingerprint density at radius 3 is 2.75 bits per heavy atom. The Morgan fingerprint density at radius 1 is 1.17 bits per heavy atom. The molecule has 0 saturated carbocycles. The van der Waals surface area contributed by atoms with Crippen LogP contribution in [0.25, 0.3) is 0 Å². The third-order valence-electron chi connectivity index (χ3n) is 6.47. The quantitative estimate of drug-likeness (QED) is 0.412. The summed E-state index contributed by atoms with van der Waals surface area (Å²) in [5, 5.41) is 4.69. The highest BCUT2D eigenvalue weighted by molar-refractivity contribution is 6.30. The van der Waals surface area contributed by atoms with Gasteiger partial charge < -0.3 is 14.5 Å². The van der Waals surface area contributed by atoms with E-state index in [1.807, 2.05) is 54.4 Å². The number of hydrogen-bond donors (Lipinski definition) is 0. The van der Waals surface area contributed by atoms with E-state index in [2.05, 4.69) is 10.1 Å². The van der Waals surface area contributed by atoms with Crippen molar-refractivity contribution in [2.24, 2.45) is 5.92 Å². The molecule has 4 rings (SSSR count). The Morgan fingerprint density at radius 2 is 2.00 bits per heavy atom. The average molecular weight is 510 g/mol. The van der Waals surface area contributed by atoms with E-state index in [0.717, 1.165) is 5.56 Å². The molecule has 3 aromatic rings. The highest BCUT2D eigenvalue weighted by Gasteiger charge is 2.35. The molecule has 36 heavy (non-hydrogen) atoms. The van der Waals surface area contributed by atoms with Gasteiger partial charge in [-0.25, -0.2) is 4.98 Å². The molecule has 9 heteroatoms. The molecule has 0 aliphatic carbocycles. The number of amides is 2. The lowest BCUT2D eigenvalue weighted by atomic mass is 9.90. The SMILES string of the molecule is CN(Cc1ccccc1)C(=O)C[C@H]1CN(C(=O)CCCn2cncn2)CC[C@@H]1Oc1cccc(Cl)c1. The van der Waals surface area contributed by atoms with Gasteiger partial charge in [-0.1, -0.05) is 48.0 Å². The number of benzene rings is 2. The zero-order valence-electron chi connectivity index (χ0n) is 20.5. The van der Waals surface area contributed by atoms with Crippen LogP contribution in [0.4, 0.5) is 0 Å². The molecule has 0 spiro atoms. The van der Waals surface area contributed by atoms with Crippen molar-refractivity contribution in [3.8, 4) is 5.75 Å². The van der Waals surface area contributed by atoms with Crippen LogP contribution in [0, 0.1) is 5.92 Å². The van der Waals surface area contributed by atoms with Crippen LogP contribution in [-0.2, 0) is 22.7 Å². The number of nitrogens with zero attached hydrogens (tertiary/aromatic N) is 5. The molecule has 0 bridgehead atoms. The Kier molecular flexibility index (Phi) is 8.95. The van der Waals surface area contributed by atoms with Crippen LogP contribution in [0.2, 0.25) is 5.02 Å². The lowest BCUT2D eigenvalue weighted by molar-refractivity contribution is -0.139. The summed E-state index contributed by atoms with van der Waals surface area (Å²) in [5.74, 6) is 0.674. The zero-order chi connectivity index (χ0) is 25.3. The second kappa shape index (κ2) is 12.5. The van der Waals surface area contributed by atoms with Crippen LogP contribution in [0.15, 0.2) is 67.3 Å². The fourth-order valence-corrected chi connectivity index (χ4v) is 4.71. The van der Waals surface area contributed by atoms with Gasteiger partial charge in [-0.15, -0.1) is 0 Å². The summed E-state index contributed by atoms with van der Waals surface area (Å²) in [7, 11) is 1.82. The van der Waals surface area contributed by atoms with E-state index in [0.29, 0.717) is 62.6 Å². The van der Waals surface area contributed by atoms with E-state index in [1.165, 1.54) is 6.33 Å². The van der Waals surface area contributed by atoms with E-state index >= 15 is 0 Å². The summed E-state index contributed by atoms with van der Waals surface area (Å²) in [5.41, 5.74) is 1.08. The molecular formula is C27H32ClN5O3. The molecule has 2 heterocycles. The lowest BCUT2D eigenvalue weighted by Crippen LogP contribution is -2.49. The van der Waals surface area contributed by atoms with E-state index < -0.39 is 0 Å². The van der Waals surface area contributed by atoms with Gasteiger partial charge in [0.25, 0.3) is 0 Å². The van der Waals surface area contributed by atoms with Crippen LogP contribution in [0.3, 0.4) is 0 Å². The molecule has 8 nitrogen and oxygen atoms in total. The number of ether oxygens (including phenoxy) is 1. The van der Waals surface area contributed by atoms with Crippen molar-refractivity contribution >= 4 is 23.4 Å². The minimum atomic E-state index is -0.184.